The van der Waals surface area contributed by atoms with E-state index in [4.69, 9.17) is 0 Å². The lowest BCUT2D eigenvalue weighted by atomic mass is 10.1. The molecular weight excluding hydrogens is 226 g/mol. The van der Waals surface area contributed by atoms with E-state index in [1.807, 2.05) is 39.5 Å². The van der Waals surface area contributed by atoms with E-state index in [-0.39, 0.29) is 0 Å². The van der Waals surface area contributed by atoms with Crippen molar-refractivity contribution >= 4 is 22.3 Å². The minimum Gasteiger partial charge on any atom is -0.335 e. The predicted molar refractivity (Wildman–Crippen MR) is 74.6 cm³/mol. The van der Waals surface area contributed by atoms with Gasteiger partial charge in [-0.1, -0.05) is 0 Å². The molecule has 0 aliphatic carbocycles. The Kier molecular flexibility index (Phi) is 2.39. The highest BCUT2D eigenvalue weighted by atomic mass is 15.6. The van der Waals surface area contributed by atoms with Gasteiger partial charge >= 0.3 is 0 Å². The van der Waals surface area contributed by atoms with Crippen LogP contribution < -0.4 is 20.9 Å². The number of hydrogen-bond acceptors (Lipinski definition) is 5. The zero-order valence-electron chi connectivity index (χ0n) is 10.8. The number of benzene rings is 1. The Balaban J connectivity index is 2.23. The van der Waals surface area contributed by atoms with Gasteiger partial charge in [0.2, 0.25) is 5.91 Å². The van der Waals surface area contributed by atoms with Gasteiger partial charge in [-0.05, 0) is 38.4 Å². The number of rotatable bonds is 2. The number of nitrogens with zero attached hydrogens (tertiary/aromatic N) is 2. The molecule has 2 aromatic rings. The number of anilines is 2. The summed E-state index contributed by atoms with van der Waals surface area (Å²) in [7, 11) is 5.90. The second-order valence-electron chi connectivity index (χ2n) is 4.42. The van der Waals surface area contributed by atoms with Crippen molar-refractivity contribution in [1.82, 2.24) is 15.6 Å². The van der Waals surface area contributed by atoms with Crippen LogP contribution in [0.1, 0.15) is 0 Å². The molecule has 94 valence electrons. The second kappa shape index (κ2) is 3.83. The van der Waals surface area contributed by atoms with Crippen molar-refractivity contribution < 1.29 is 0 Å². The highest BCUT2D eigenvalue weighted by Crippen LogP contribution is 2.40. The molecule has 1 aliphatic rings. The Labute approximate surface area is 106 Å². The maximum Gasteiger partial charge on any atom is 0.226 e. The molecule has 0 saturated heterocycles. The Morgan fingerprint density at radius 2 is 2.00 bits per heavy atom. The van der Waals surface area contributed by atoms with Crippen molar-refractivity contribution in [2.75, 3.05) is 31.4 Å². The molecule has 0 amide bonds. The zero-order valence-corrected chi connectivity index (χ0v) is 10.8. The Hall–Kier alpha value is -1.85. The van der Waals surface area contributed by atoms with E-state index in [2.05, 4.69) is 38.0 Å². The number of nitrogens with one attached hydrogen (secondary N) is 3. The van der Waals surface area contributed by atoms with Gasteiger partial charge in [-0.15, -0.1) is 0 Å². The van der Waals surface area contributed by atoms with Gasteiger partial charge in [-0.3, -0.25) is 15.6 Å². The highest BCUT2D eigenvalue weighted by Gasteiger charge is 2.39. The monoisotopic (exact) mass is 243 g/mol. The molecule has 1 aromatic carbocycles. The van der Waals surface area contributed by atoms with E-state index in [0.717, 1.165) is 22.3 Å². The fourth-order valence-electron chi connectivity index (χ4n) is 2.58. The fourth-order valence-corrected chi connectivity index (χ4v) is 2.58. The van der Waals surface area contributed by atoms with Gasteiger partial charge in [0.1, 0.15) is 0 Å². The molecule has 0 bridgehead atoms. The van der Waals surface area contributed by atoms with Crippen molar-refractivity contribution in [3.63, 3.8) is 0 Å². The van der Waals surface area contributed by atoms with Crippen LogP contribution in [0.5, 0.6) is 0 Å². The minimum atomic E-state index is -0.452. The summed E-state index contributed by atoms with van der Waals surface area (Å²) < 4.78 is 0. The van der Waals surface area contributed by atoms with Crippen LogP contribution in [0.2, 0.25) is 0 Å². The Morgan fingerprint density at radius 1 is 1.22 bits per heavy atom. The van der Waals surface area contributed by atoms with Crippen molar-refractivity contribution in [2.24, 2.45) is 0 Å². The first-order valence-corrected chi connectivity index (χ1v) is 5.99. The van der Waals surface area contributed by atoms with E-state index in [9.17, 15) is 0 Å². The lowest BCUT2D eigenvalue weighted by molar-refractivity contribution is 0.350. The number of pyridine rings is 1. The molecule has 3 rings (SSSR count). The molecular formula is C13H17N5. The first-order valence-electron chi connectivity index (χ1n) is 5.99. The van der Waals surface area contributed by atoms with E-state index < -0.39 is 5.91 Å². The summed E-state index contributed by atoms with van der Waals surface area (Å²) in [5, 5.41) is 11.2. The molecule has 0 spiro atoms. The highest BCUT2D eigenvalue weighted by molar-refractivity contribution is 6.01. The molecule has 0 unspecified atom stereocenters. The maximum atomic E-state index is 4.38. The molecule has 0 saturated carbocycles. The average Bonchev–Trinajstić information content (AvgIpc) is 2.73. The van der Waals surface area contributed by atoms with Crippen LogP contribution >= 0.6 is 0 Å². The predicted octanol–water partition coefficient (Wildman–Crippen LogP) is 1.15. The third-order valence-electron chi connectivity index (χ3n) is 3.66. The summed E-state index contributed by atoms with van der Waals surface area (Å²) in [5.41, 5.74) is 3.26. The average molecular weight is 243 g/mol. The molecule has 3 N–H and O–H groups in total. The van der Waals surface area contributed by atoms with Gasteiger partial charge in [0, 0.05) is 18.6 Å². The molecule has 0 atom stereocenters. The summed E-state index contributed by atoms with van der Waals surface area (Å²) in [4.78, 5) is 6.53. The third kappa shape index (κ3) is 1.31. The second-order valence-corrected chi connectivity index (χ2v) is 4.42. The molecule has 5 heteroatoms. The van der Waals surface area contributed by atoms with Crippen LogP contribution in [0.3, 0.4) is 0 Å². The van der Waals surface area contributed by atoms with Crippen LogP contribution in [-0.4, -0.2) is 32.0 Å². The quantitative estimate of drug-likeness (QED) is 0.691. The molecule has 0 radical (unpaired) electrons. The summed E-state index contributed by atoms with van der Waals surface area (Å²) in [6.07, 6.45) is 1.82. The standard InChI is InChI=1S/C13H17N5/c1-14-13(15-2)17-12-9-5-4-8-16-10(9)6-7-11(12)18(13)3/h4-8,14-15,17H,1-3H3. The van der Waals surface area contributed by atoms with E-state index in [0.29, 0.717) is 0 Å². The third-order valence-corrected chi connectivity index (χ3v) is 3.66. The number of hydrogen-bond donors (Lipinski definition) is 3. The van der Waals surface area contributed by atoms with Crippen molar-refractivity contribution in [1.29, 1.82) is 0 Å². The van der Waals surface area contributed by atoms with Gasteiger partial charge in [-0.25, -0.2) is 0 Å². The van der Waals surface area contributed by atoms with Crippen LogP contribution in [0.25, 0.3) is 10.9 Å². The van der Waals surface area contributed by atoms with Gasteiger partial charge in [0.25, 0.3) is 0 Å². The summed E-state index contributed by atoms with van der Waals surface area (Å²) in [6.45, 7) is 0. The van der Waals surface area contributed by atoms with Crippen molar-refractivity contribution in [2.45, 2.75) is 5.91 Å². The van der Waals surface area contributed by atoms with Gasteiger partial charge in [-0.2, -0.15) is 0 Å². The van der Waals surface area contributed by atoms with E-state index >= 15 is 0 Å². The summed E-state index contributed by atoms with van der Waals surface area (Å²) in [6, 6.07) is 8.19. The molecule has 2 heterocycles. The first kappa shape index (κ1) is 11.3. The first-order chi connectivity index (χ1) is 8.72. The SMILES string of the molecule is CNC1(NC)Nc2c(ccc3ncccc23)N1C. The van der Waals surface area contributed by atoms with Crippen molar-refractivity contribution in [3.8, 4) is 0 Å². The Morgan fingerprint density at radius 3 is 2.72 bits per heavy atom. The van der Waals surface area contributed by atoms with Crippen LogP contribution in [-0.2, 0) is 0 Å². The normalized spacial score (nSPS) is 16.7. The van der Waals surface area contributed by atoms with Crippen molar-refractivity contribution in [3.05, 3.63) is 30.5 Å². The van der Waals surface area contributed by atoms with Gasteiger partial charge in [0.05, 0.1) is 16.9 Å². The minimum absolute atomic E-state index is 0.452. The number of aromatic nitrogens is 1. The van der Waals surface area contributed by atoms with E-state index in [1.54, 1.807) is 0 Å². The fraction of sp³-hybridized carbons (Fsp3) is 0.308. The van der Waals surface area contributed by atoms with Crippen LogP contribution in [0.15, 0.2) is 30.5 Å². The topological polar surface area (TPSA) is 52.2 Å². The lowest BCUT2D eigenvalue weighted by Crippen LogP contribution is -2.67. The van der Waals surface area contributed by atoms with Gasteiger partial charge < -0.3 is 10.2 Å². The molecule has 5 nitrogen and oxygen atoms in total. The number of fused-ring (bicyclic) bond motifs is 3. The van der Waals surface area contributed by atoms with Crippen LogP contribution in [0.4, 0.5) is 11.4 Å². The van der Waals surface area contributed by atoms with E-state index in [1.165, 1.54) is 0 Å². The molecule has 1 aliphatic heterocycles. The largest absolute Gasteiger partial charge is 0.335 e. The smallest absolute Gasteiger partial charge is 0.226 e. The van der Waals surface area contributed by atoms with Gasteiger partial charge in [0.15, 0.2) is 0 Å². The molecule has 18 heavy (non-hydrogen) atoms. The molecule has 1 aromatic heterocycles. The summed E-state index contributed by atoms with van der Waals surface area (Å²) >= 11 is 0. The molecule has 0 fully saturated rings. The maximum absolute atomic E-state index is 4.38. The summed E-state index contributed by atoms with van der Waals surface area (Å²) in [5.74, 6) is -0.452. The lowest BCUT2D eigenvalue weighted by Gasteiger charge is -2.36. The Bertz CT molecular complexity index is 591. The zero-order chi connectivity index (χ0) is 12.8. The van der Waals surface area contributed by atoms with Crippen LogP contribution in [0, 0.1) is 0 Å².